The summed E-state index contributed by atoms with van der Waals surface area (Å²) >= 11 is 0. The van der Waals surface area contributed by atoms with Crippen LogP contribution in [0.2, 0.25) is 0 Å². The Bertz CT molecular complexity index is 774. The second kappa shape index (κ2) is 6.68. The molecule has 0 aliphatic carbocycles. The van der Waals surface area contributed by atoms with Crippen molar-refractivity contribution in [2.24, 2.45) is 0 Å². The summed E-state index contributed by atoms with van der Waals surface area (Å²) in [5.41, 5.74) is 5.18. The van der Waals surface area contributed by atoms with Gasteiger partial charge in [0.05, 0.1) is 14.2 Å². The van der Waals surface area contributed by atoms with Crippen LogP contribution in [0.1, 0.15) is 47.3 Å². The predicted octanol–water partition coefficient (Wildman–Crippen LogP) is 3.88. The monoisotopic (exact) mass is 338 g/mol. The molecule has 2 unspecified atom stereocenters. The highest BCUT2D eigenvalue weighted by molar-refractivity contribution is 5.49. The molecule has 1 saturated heterocycles. The Morgan fingerprint density at radius 1 is 1.08 bits per heavy atom. The van der Waals surface area contributed by atoms with E-state index in [0.717, 1.165) is 36.7 Å². The number of hydrogen-bond acceptors (Lipinski definition) is 4. The van der Waals surface area contributed by atoms with E-state index in [0.29, 0.717) is 12.0 Å². The Balaban J connectivity index is 1.60. The predicted molar refractivity (Wildman–Crippen MR) is 98.5 cm³/mol. The van der Waals surface area contributed by atoms with Gasteiger partial charge in [-0.25, -0.2) is 0 Å². The molecule has 2 aliphatic rings. The molecule has 4 nitrogen and oxygen atoms in total. The minimum Gasteiger partial charge on any atom is -0.493 e. The Labute approximate surface area is 149 Å². The molecule has 0 amide bonds. The molecule has 0 saturated carbocycles. The highest BCUT2D eigenvalue weighted by atomic mass is 16.5. The van der Waals surface area contributed by atoms with Crippen LogP contribution in [0, 0.1) is 6.92 Å². The molecule has 1 aromatic carbocycles. The molecule has 2 atom stereocenters. The SMILES string of the molecule is COc1cc2c(cc1OC)C1CCC(c3cccc(C)n3)CN1CC2. The smallest absolute Gasteiger partial charge is 0.161 e. The molecule has 2 aromatic rings. The Kier molecular flexibility index (Phi) is 4.38. The number of fused-ring (bicyclic) bond motifs is 3. The van der Waals surface area contributed by atoms with Gasteiger partial charge in [0.1, 0.15) is 0 Å². The van der Waals surface area contributed by atoms with Crippen LogP contribution in [0.5, 0.6) is 11.5 Å². The summed E-state index contributed by atoms with van der Waals surface area (Å²) in [5, 5.41) is 0. The van der Waals surface area contributed by atoms with E-state index >= 15 is 0 Å². The number of ether oxygens (including phenoxy) is 2. The number of hydrogen-bond donors (Lipinski definition) is 0. The van der Waals surface area contributed by atoms with Crippen molar-refractivity contribution in [2.45, 2.75) is 38.1 Å². The normalized spacial score (nSPS) is 22.8. The molecule has 4 rings (SSSR count). The highest BCUT2D eigenvalue weighted by Gasteiger charge is 2.35. The summed E-state index contributed by atoms with van der Waals surface area (Å²) in [6.07, 6.45) is 3.42. The maximum Gasteiger partial charge on any atom is 0.161 e. The third kappa shape index (κ3) is 2.99. The fourth-order valence-electron chi connectivity index (χ4n) is 4.40. The first kappa shape index (κ1) is 16.4. The Morgan fingerprint density at radius 2 is 1.88 bits per heavy atom. The van der Waals surface area contributed by atoms with Gasteiger partial charge in [0, 0.05) is 36.4 Å². The first-order valence-electron chi connectivity index (χ1n) is 9.12. The largest absolute Gasteiger partial charge is 0.493 e. The van der Waals surface area contributed by atoms with E-state index in [1.54, 1.807) is 14.2 Å². The second-order valence-electron chi connectivity index (χ2n) is 7.14. The van der Waals surface area contributed by atoms with Crippen molar-refractivity contribution in [3.63, 3.8) is 0 Å². The van der Waals surface area contributed by atoms with Crippen LogP contribution in [0.3, 0.4) is 0 Å². The van der Waals surface area contributed by atoms with E-state index in [-0.39, 0.29) is 0 Å². The van der Waals surface area contributed by atoms with Crippen molar-refractivity contribution < 1.29 is 9.47 Å². The first-order valence-corrected chi connectivity index (χ1v) is 9.12. The lowest BCUT2D eigenvalue weighted by Gasteiger charge is -2.43. The lowest BCUT2D eigenvalue weighted by Crippen LogP contribution is -2.41. The maximum atomic E-state index is 5.53. The minimum absolute atomic E-state index is 0.490. The number of aryl methyl sites for hydroxylation is 1. The lowest BCUT2D eigenvalue weighted by molar-refractivity contribution is 0.121. The summed E-state index contributed by atoms with van der Waals surface area (Å²) in [6, 6.07) is 11.2. The van der Waals surface area contributed by atoms with Gasteiger partial charge in [-0.3, -0.25) is 9.88 Å². The van der Waals surface area contributed by atoms with E-state index in [1.165, 1.54) is 29.7 Å². The Morgan fingerprint density at radius 3 is 2.64 bits per heavy atom. The van der Waals surface area contributed by atoms with E-state index in [2.05, 4.69) is 42.2 Å². The van der Waals surface area contributed by atoms with E-state index in [9.17, 15) is 0 Å². The zero-order chi connectivity index (χ0) is 17.4. The first-order chi connectivity index (χ1) is 12.2. The summed E-state index contributed by atoms with van der Waals surface area (Å²) in [5.74, 6) is 2.22. The van der Waals surface area contributed by atoms with Crippen molar-refractivity contribution >= 4 is 0 Å². The minimum atomic E-state index is 0.490. The van der Waals surface area contributed by atoms with Gasteiger partial charge >= 0.3 is 0 Å². The molecule has 2 aliphatic heterocycles. The molecule has 1 aromatic heterocycles. The summed E-state index contributed by atoms with van der Waals surface area (Å²) in [6.45, 7) is 4.27. The van der Waals surface area contributed by atoms with Gasteiger partial charge in [-0.05, 0) is 61.6 Å². The molecule has 3 heterocycles. The number of nitrogens with zero attached hydrogens (tertiary/aromatic N) is 2. The fraction of sp³-hybridized carbons (Fsp3) is 0.476. The van der Waals surface area contributed by atoms with Crippen molar-refractivity contribution in [3.8, 4) is 11.5 Å². The molecule has 4 heteroatoms. The van der Waals surface area contributed by atoms with E-state index < -0.39 is 0 Å². The molecular formula is C21H26N2O2. The summed E-state index contributed by atoms with van der Waals surface area (Å²) < 4.78 is 11.0. The van der Waals surface area contributed by atoms with Crippen LogP contribution in [-0.2, 0) is 6.42 Å². The van der Waals surface area contributed by atoms with Crippen LogP contribution in [-0.4, -0.2) is 37.2 Å². The van der Waals surface area contributed by atoms with E-state index in [1.807, 2.05) is 0 Å². The highest BCUT2D eigenvalue weighted by Crippen LogP contribution is 2.44. The number of pyridine rings is 1. The number of aromatic nitrogens is 1. The van der Waals surface area contributed by atoms with Gasteiger partial charge in [-0.15, -0.1) is 0 Å². The zero-order valence-electron chi connectivity index (χ0n) is 15.3. The van der Waals surface area contributed by atoms with Crippen molar-refractivity contribution in [3.05, 3.63) is 52.8 Å². The summed E-state index contributed by atoms with van der Waals surface area (Å²) in [7, 11) is 3.42. The van der Waals surface area contributed by atoms with Gasteiger partial charge in [0.15, 0.2) is 11.5 Å². The molecule has 1 fully saturated rings. The molecular weight excluding hydrogens is 312 g/mol. The lowest BCUT2D eigenvalue weighted by atomic mass is 9.82. The van der Waals surface area contributed by atoms with Gasteiger partial charge in [-0.1, -0.05) is 6.07 Å². The number of rotatable bonds is 3. The van der Waals surface area contributed by atoms with Crippen LogP contribution in [0.15, 0.2) is 30.3 Å². The molecule has 0 bridgehead atoms. The average molecular weight is 338 g/mol. The van der Waals surface area contributed by atoms with E-state index in [4.69, 9.17) is 14.5 Å². The molecule has 25 heavy (non-hydrogen) atoms. The molecule has 0 radical (unpaired) electrons. The number of benzene rings is 1. The molecule has 132 valence electrons. The average Bonchev–Trinajstić information content (AvgIpc) is 2.66. The topological polar surface area (TPSA) is 34.6 Å². The third-order valence-electron chi connectivity index (χ3n) is 5.69. The van der Waals surface area contributed by atoms with Gasteiger partial charge in [0.2, 0.25) is 0 Å². The van der Waals surface area contributed by atoms with Crippen molar-refractivity contribution in [1.29, 1.82) is 0 Å². The molecule has 0 spiro atoms. The quantitative estimate of drug-likeness (QED) is 0.850. The van der Waals surface area contributed by atoms with Crippen molar-refractivity contribution in [1.82, 2.24) is 9.88 Å². The van der Waals surface area contributed by atoms with Crippen LogP contribution in [0.4, 0.5) is 0 Å². The van der Waals surface area contributed by atoms with Crippen LogP contribution >= 0.6 is 0 Å². The van der Waals surface area contributed by atoms with Crippen LogP contribution < -0.4 is 9.47 Å². The maximum absolute atomic E-state index is 5.53. The van der Waals surface area contributed by atoms with Crippen LogP contribution in [0.25, 0.3) is 0 Å². The zero-order valence-corrected chi connectivity index (χ0v) is 15.3. The second-order valence-corrected chi connectivity index (χ2v) is 7.14. The van der Waals surface area contributed by atoms with Crippen molar-refractivity contribution in [2.75, 3.05) is 27.3 Å². The van der Waals surface area contributed by atoms with Gasteiger partial charge in [-0.2, -0.15) is 0 Å². The standard InChI is InChI=1S/C21H26N2O2/c1-14-5-4-6-18(22-14)16-7-8-19-17-12-21(25-3)20(24-2)11-15(17)9-10-23(19)13-16/h4-6,11-12,16,19H,7-10,13H2,1-3H3. The van der Waals surface area contributed by atoms with Gasteiger partial charge < -0.3 is 9.47 Å². The fourth-order valence-corrected chi connectivity index (χ4v) is 4.40. The third-order valence-corrected chi connectivity index (χ3v) is 5.69. The Hall–Kier alpha value is -2.07. The number of methoxy groups -OCH3 is 2. The summed E-state index contributed by atoms with van der Waals surface area (Å²) in [4.78, 5) is 7.40. The number of piperidine rings is 1. The van der Waals surface area contributed by atoms with Gasteiger partial charge in [0.25, 0.3) is 0 Å². The molecule has 0 N–H and O–H groups in total.